The summed E-state index contributed by atoms with van der Waals surface area (Å²) in [6.07, 6.45) is 0.982. The molecule has 1 saturated heterocycles. The van der Waals surface area contributed by atoms with Crippen molar-refractivity contribution in [3.05, 3.63) is 46.7 Å². The fourth-order valence-electron chi connectivity index (χ4n) is 2.79. The molecule has 6 heteroatoms. The maximum absolute atomic E-state index is 12.9. The lowest BCUT2D eigenvalue weighted by molar-refractivity contribution is -0.0226. The van der Waals surface area contributed by atoms with Gasteiger partial charge in [0, 0.05) is 13.1 Å². The van der Waals surface area contributed by atoms with E-state index in [0.717, 1.165) is 12.1 Å². The highest BCUT2D eigenvalue weighted by Gasteiger charge is 2.29. The second-order valence-electron chi connectivity index (χ2n) is 5.65. The lowest BCUT2D eigenvalue weighted by atomic mass is 10.1. The van der Waals surface area contributed by atoms with Crippen molar-refractivity contribution in [3.63, 3.8) is 0 Å². The van der Waals surface area contributed by atoms with Crippen molar-refractivity contribution in [3.8, 4) is 5.69 Å². The predicted octanol–water partition coefficient (Wildman–Crippen LogP) is 3.09. The van der Waals surface area contributed by atoms with E-state index in [1.807, 2.05) is 42.2 Å². The molecule has 1 fully saturated rings. The van der Waals surface area contributed by atoms with Crippen molar-refractivity contribution < 1.29 is 9.53 Å². The first-order valence-corrected chi connectivity index (χ1v) is 8.21. The monoisotopic (exact) mass is 333 g/mol. The third-order valence-corrected chi connectivity index (χ3v) is 4.45. The molecule has 1 aromatic heterocycles. The van der Waals surface area contributed by atoms with E-state index in [0.29, 0.717) is 36.1 Å². The zero-order chi connectivity index (χ0) is 16.4. The lowest BCUT2D eigenvalue weighted by Gasteiger charge is -2.32. The molecule has 1 aromatic carbocycles. The van der Waals surface area contributed by atoms with Gasteiger partial charge in [0.25, 0.3) is 5.91 Å². The number of aromatic nitrogens is 2. The normalized spacial score (nSPS) is 18.2. The Morgan fingerprint density at radius 1 is 1.39 bits per heavy atom. The number of halogens is 1. The van der Waals surface area contributed by atoms with Crippen LogP contribution in [0.1, 0.15) is 29.4 Å². The Morgan fingerprint density at radius 2 is 2.13 bits per heavy atom. The molecule has 0 N–H and O–H groups in total. The van der Waals surface area contributed by atoms with Crippen LogP contribution in [-0.4, -0.2) is 46.4 Å². The molecule has 2 heterocycles. The Balaban J connectivity index is 1.91. The molecule has 0 saturated carbocycles. The fraction of sp³-hybridized carbons (Fsp3) is 0.412. The molecule has 1 amide bonds. The van der Waals surface area contributed by atoms with E-state index < -0.39 is 0 Å². The van der Waals surface area contributed by atoms with Gasteiger partial charge in [-0.2, -0.15) is 5.10 Å². The minimum absolute atomic E-state index is 0.0727. The molecule has 0 bridgehead atoms. The summed E-state index contributed by atoms with van der Waals surface area (Å²) in [4.78, 5) is 14.7. The van der Waals surface area contributed by atoms with E-state index in [4.69, 9.17) is 16.3 Å². The molecule has 2 aromatic rings. The number of hydrogen-bond acceptors (Lipinski definition) is 3. The van der Waals surface area contributed by atoms with Crippen molar-refractivity contribution in [2.75, 3.05) is 19.7 Å². The Bertz CT molecular complexity index is 699. The summed E-state index contributed by atoms with van der Waals surface area (Å²) in [5, 5.41) is 4.80. The topological polar surface area (TPSA) is 47.4 Å². The average Bonchev–Trinajstić information content (AvgIpc) is 2.89. The summed E-state index contributed by atoms with van der Waals surface area (Å²) in [6, 6.07) is 9.58. The van der Waals surface area contributed by atoms with Gasteiger partial charge in [0.2, 0.25) is 0 Å². The van der Waals surface area contributed by atoms with E-state index in [1.165, 1.54) is 0 Å². The molecule has 3 rings (SSSR count). The molecule has 23 heavy (non-hydrogen) atoms. The number of nitrogens with zero attached hydrogens (tertiary/aromatic N) is 3. The average molecular weight is 334 g/mol. The van der Waals surface area contributed by atoms with E-state index in [2.05, 4.69) is 12.0 Å². The van der Waals surface area contributed by atoms with E-state index in [-0.39, 0.29) is 12.0 Å². The molecule has 1 aliphatic rings. The Kier molecular flexibility index (Phi) is 4.68. The zero-order valence-corrected chi connectivity index (χ0v) is 14.1. The maximum Gasteiger partial charge on any atom is 0.259 e. The van der Waals surface area contributed by atoms with Gasteiger partial charge >= 0.3 is 0 Å². The third kappa shape index (κ3) is 3.12. The number of carbonyl (C=O) groups excluding carboxylic acids is 1. The highest BCUT2D eigenvalue weighted by Crippen LogP contribution is 2.25. The molecular formula is C17H20ClN3O2. The van der Waals surface area contributed by atoms with Crippen molar-refractivity contribution in [1.82, 2.24) is 14.7 Å². The number of hydrogen-bond donors (Lipinski definition) is 0. The minimum Gasteiger partial charge on any atom is -0.375 e. The van der Waals surface area contributed by atoms with Crippen molar-refractivity contribution >= 4 is 17.5 Å². The molecule has 1 atom stereocenters. The molecule has 0 spiro atoms. The van der Waals surface area contributed by atoms with E-state index in [9.17, 15) is 4.79 Å². The number of rotatable bonds is 3. The number of morpholine rings is 1. The molecule has 1 aliphatic heterocycles. The number of benzene rings is 1. The molecule has 0 unspecified atom stereocenters. The quantitative estimate of drug-likeness (QED) is 0.867. The number of amides is 1. The van der Waals surface area contributed by atoms with Crippen LogP contribution < -0.4 is 0 Å². The largest absolute Gasteiger partial charge is 0.375 e. The summed E-state index contributed by atoms with van der Waals surface area (Å²) >= 11 is 6.47. The second kappa shape index (κ2) is 6.72. The van der Waals surface area contributed by atoms with Crippen molar-refractivity contribution in [2.24, 2.45) is 0 Å². The van der Waals surface area contributed by atoms with Crippen LogP contribution in [0.15, 0.2) is 30.3 Å². The van der Waals surface area contributed by atoms with Crippen molar-refractivity contribution in [1.29, 1.82) is 0 Å². The Labute approximate surface area is 140 Å². The van der Waals surface area contributed by atoms with Gasteiger partial charge in [0.05, 0.1) is 29.7 Å². The smallest absolute Gasteiger partial charge is 0.259 e. The summed E-state index contributed by atoms with van der Waals surface area (Å²) in [6.45, 7) is 5.62. The number of aryl methyl sites for hydroxylation is 1. The molecule has 5 nitrogen and oxygen atoms in total. The molecular weight excluding hydrogens is 314 g/mol. The van der Waals surface area contributed by atoms with Crippen LogP contribution in [0.2, 0.25) is 5.15 Å². The van der Waals surface area contributed by atoms with E-state index >= 15 is 0 Å². The Hall–Kier alpha value is -1.85. The van der Waals surface area contributed by atoms with Crippen LogP contribution in [0.5, 0.6) is 0 Å². The first-order valence-electron chi connectivity index (χ1n) is 7.83. The Morgan fingerprint density at radius 3 is 2.83 bits per heavy atom. The predicted molar refractivity (Wildman–Crippen MR) is 89.2 cm³/mol. The van der Waals surface area contributed by atoms with Gasteiger partial charge in [0.15, 0.2) is 0 Å². The lowest BCUT2D eigenvalue weighted by Crippen LogP contribution is -2.45. The molecule has 0 radical (unpaired) electrons. The number of carbonyl (C=O) groups is 1. The SMILES string of the molecule is CC[C@H]1CN(C(=O)c2c(C)nn(-c3ccccc3)c2Cl)CCO1. The highest BCUT2D eigenvalue weighted by molar-refractivity contribution is 6.33. The standard InChI is InChI=1S/C17H20ClN3O2/c1-3-14-11-20(9-10-23-14)17(22)15-12(2)19-21(16(15)18)13-7-5-4-6-8-13/h4-8,14H,3,9-11H2,1-2H3/t14-/m0/s1. The summed E-state index contributed by atoms with van der Waals surface area (Å²) < 4.78 is 7.24. The minimum atomic E-state index is -0.0727. The number of para-hydroxylation sites is 1. The van der Waals surface area contributed by atoms with Gasteiger partial charge in [-0.1, -0.05) is 36.7 Å². The highest BCUT2D eigenvalue weighted by atomic mass is 35.5. The summed E-state index contributed by atoms with van der Waals surface area (Å²) in [7, 11) is 0. The maximum atomic E-state index is 12.9. The van der Waals surface area contributed by atoms with Crippen molar-refractivity contribution in [2.45, 2.75) is 26.4 Å². The van der Waals surface area contributed by atoms with Crippen LogP contribution in [-0.2, 0) is 4.74 Å². The van der Waals surface area contributed by atoms with E-state index in [1.54, 1.807) is 4.68 Å². The van der Waals surface area contributed by atoms with Gasteiger partial charge in [-0.3, -0.25) is 4.79 Å². The van der Waals surface area contributed by atoms with Gasteiger partial charge in [-0.05, 0) is 25.5 Å². The van der Waals surface area contributed by atoms with Crippen LogP contribution in [0, 0.1) is 6.92 Å². The summed E-state index contributed by atoms with van der Waals surface area (Å²) in [5.74, 6) is -0.0727. The van der Waals surface area contributed by atoms with Crippen LogP contribution >= 0.6 is 11.6 Å². The molecule has 122 valence electrons. The second-order valence-corrected chi connectivity index (χ2v) is 6.01. The van der Waals surface area contributed by atoms with Crippen LogP contribution in [0.25, 0.3) is 5.69 Å². The van der Waals surface area contributed by atoms with Gasteiger partial charge in [0.1, 0.15) is 5.15 Å². The van der Waals surface area contributed by atoms with Crippen LogP contribution in [0.4, 0.5) is 0 Å². The third-order valence-electron chi connectivity index (χ3n) is 4.10. The summed E-state index contributed by atoms with van der Waals surface area (Å²) in [5.41, 5.74) is 1.96. The van der Waals surface area contributed by atoms with Gasteiger partial charge in [-0.15, -0.1) is 0 Å². The first-order chi connectivity index (χ1) is 11.1. The first kappa shape index (κ1) is 16.0. The van der Waals surface area contributed by atoms with Gasteiger partial charge in [-0.25, -0.2) is 4.68 Å². The van der Waals surface area contributed by atoms with Crippen LogP contribution in [0.3, 0.4) is 0 Å². The van der Waals surface area contributed by atoms with Gasteiger partial charge < -0.3 is 9.64 Å². The zero-order valence-electron chi connectivity index (χ0n) is 13.3. The number of ether oxygens (including phenoxy) is 1. The fourth-order valence-corrected chi connectivity index (χ4v) is 3.14. The molecule has 0 aliphatic carbocycles.